The van der Waals surface area contributed by atoms with Crippen LogP contribution >= 0.6 is 0 Å². The molecule has 1 aliphatic rings. The summed E-state index contributed by atoms with van der Waals surface area (Å²) < 4.78 is 5.44. The molecule has 6 nitrogen and oxygen atoms in total. The van der Waals surface area contributed by atoms with Gasteiger partial charge >= 0.3 is 0 Å². The van der Waals surface area contributed by atoms with Crippen LogP contribution in [0.2, 0.25) is 0 Å². The summed E-state index contributed by atoms with van der Waals surface area (Å²) in [6.45, 7) is 5.73. The van der Waals surface area contributed by atoms with Gasteiger partial charge in [-0.3, -0.25) is 9.69 Å². The summed E-state index contributed by atoms with van der Waals surface area (Å²) in [5.74, 6) is 1.32. The van der Waals surface area contributed by atoms with Gasteiger partial charge in [0.25, 0.3) is 5.91 Å². The Morgan fingerprint density at radius 1 is 1.00 bits per heavy atom. The summed E-state index contributed by atoms with van der Waals surface area (Å²) in [5.41, 5.74) is 2.99. The van der Waals surface area contributed by atoms with E-state index >= 15 is 0 Å². The number of nitrogens with zero attached hydrogens (tertiary/aromatic N) is 4. The van der Waals surface area contributed by atoms with E-state index in [1.54, 1.807) is 0 Å². The van der Waals surface area contributed by atoms with Crippen LogP contribution in [0.15, 0.2) is 59.1 Å². The molecule has 1 saturated heterocycles. The van der Waals surface area contributed by atoms with Crippen molar-refractivity contribution in [2.75, 3.05) is 26.2 Å². The van der Waals surface area contributed by atoms with Crippen LogP contribution in [0.3, 0.4) is 0 Å². The Kier molecular flexibility index (Phi) is 5.48. The monoisotopic (exact) mass is 376 g/mol. The molecule has 0 spiro atoms. The molecule has 28 heavy (non-hydrogen) atoms. The van der Waals surface area contributed by atoms with Gasteiger partial charge in [0.05, 0.1) is 6.54 Å². The average Bonchev–Trinajstić information content (AvgIpc) is 3.23. The molecule has 2 heterocycles. The van der Waals surface area contributed by atoms with Crippen molar-refractivity contribution in [2.45, 2.75) is 19.9 Å². The predicted molar refractivity (Wildman–Crippen MR) is 107 cm³/mol. The minimum atomic E-state index is 0.0934. The number of hydrogen-bond donors (Lipinski definition) is 0. The molecule has 144 valence electrons. The summed E-state index contributed by atoms with van der Waals surface area (Å²) in [7, 11) is 0. The summed E-state index contributed by atoms with van der Waals surface area (Å²) in [6, 6.07) is 17.7. The number of aryl methyl sites for hydroxylation is 1. The quantitative estimate of drug-likeness (QED) is 0.684. The Labute approximate surface area is 164 Å². The van der Waals surface area contributed by atoms with Crippen LogP contribution in [0.4, 0.5) is 0 Å². The molecule has 1 aliphatic heterocycles. The third-order valence-corrected chi connectivity index (χ3v) is 5.13. The van der Waals surface area contributed by atoms with Crippen LogP contribution < -0.4 is 0 Å². The highest BCUT2D eigenvalue weighted by Crippen LogP contribution is 2.18. The zero-order valence-corrected chi connectivity index (χ0v) is 16.0. The molecule has 0 bridgehead atoms. The maximum Gasteiger partial charge on any atom is 0.253 e. The molecule has 1 fully saturated rings. The second-order valence-corrected chi connectivity index (χ2v) is 7.00. The van der Waals surface area contributed by atoms with Crippen LogP contribution in [0.1, 0.15) is 28.7 Å². The van der Waals surface area contributed by atoms with E-state index < -0.39 is 0 Å². The van der Waals surface area contributed by atoms with Gasteiger partial charge in [-0.1, -0.05) is 54.5 Å². The van der Waals surface area contributed by atoms with Crippen molar-refractivity contribution in [3.05, 3.63) is 71.6 Å². The molecule has 0 unspecified atom stereocenters. The van der Waals surface area contributed by atoms with Crippen molar-refractivity contribution in [3.63, 3.8) is 0 Å². The number of hydrogen-bond acceptors (Lipinski definition) is 5. The molecule has 0 atom stereocenters. The first-order chi connectivity index (χ1) is 13.7. The Morgan fingerprint density at radius 3 is 2.39 bits per heavy atom. The number of carbonyl (C=O) groups excluding carboxylic acids is 1. The molecule has 0 aliphatic carbocycles. The van der Waals surface area contributed by atoms with Crippen LogP contribution in [0, 0.1) is 0 Å². The predicted octanol–water partition coefficient (Wildman–Crippen LogP) is 3.26. The molecule has 1 amide bonds. The largest absolute Gasteiger partial charge is 0.338 e. The van der Waals surface area contributed by atoms with Crippen molar-refractivity contribution in [1.82, 2.24) is 19.9 Å². The van der Waals surface area contributed by atoms with E-state index in [0.717, 1.165) is 30.6 Å². The Morgan fingerprint density at radius 2 is 1.71 bits per heavy atom. The van der Waals surface area contributed by atoms with E-state index in [1.165, 1.54) is 5.56 Å². The van der Waals surface area contributed by atoms with Gasteiger partial charge in [0.15, 0.2) is 0 Å². The topological polar surface area (TPSA) is 62.5 Å². The number of aromatic nitrogens is 2. The van der Waals surface area contributed by atoms with Gasteiger partial charge < -0.3 is 9.42 Å². The highest BCUT2D eigenvalue weighted by molar-refractivity contribution is 5.94. The van der Waals surface area contributed by atoms with E-state index in [9.17, 15) is 4.79 Å². The Bertz CT molecular complexity index is 913. The van der Waals surface area contributed by atoms with Crippen molar-refractivity contribution >= 4 is 5.91 Å². The third kappa shape index (κ3) is 4.12. The molecular formula is C22H24N4O2. The smallest absolute Gasteiger partial charge is 0.253 e. The van der Waals surface area contributed by atoms with Crippen LogP contribution in [0.5, 0.6) is 0 Å². The van der Waals surface area contributed by atoms with Gasteiger partial charge in [-0.05, 0) is 24.1 Å². The SMILES string of the molecule is CCc1ccc(-c2noc(CN3CCN(C(=O)c4ccccc4)CC3)n2)cc1. The van der Waals surface area contributed by atoms with Crippen molar-refractivity contribution in [1.29, 1.82) is 0 Å². The molecule has 2 aromatic carbocycles. The van der Waals surface area contributed by atoms with E-state index in [2.05, 4.69) is 34.1 Å². The summed E-state index contributed by atoms with van der Waals surface area (Å²) in [5, 5.41) is 4.11. The third-order valence-electron chi connectivity index (χ3n) is 5.13. The minimum absolute atomic E-state index is 0.0934. The zero-order chi connectivity index (χ0) is 19.3. The van der Waals surface area contributed by atoms with Crippen LogP contribution in [-0.2, 0) is 13.0 Å². The first kappa shape index (κ1) is 18.4. The fourth-order valence-corrected chi connectivity index (χ4v) is 3.39. The Balaban J connectivity index is 1.32. The summed E-state index contributed by atoms with van der Waals surface area (Å²) in [4.78, 5) is 21.2. The molecule has 1 aromatic heterocycles. The molecular weight excluding hydrogens is 352 g/mol. The number of rotatable bonds is 5. The van der Waals surface area contributed by atoms with Gasteiger partial charge in [0, 0.05) is 37.3 Å². The lowest BCUT2D eigenvalue weighted by molar-refractivity contribution is 0.0615. The number of piperazine rings is 1. The molecule has 0 radical (unpaired) electrons. The van der Waals surface area contributed by atoms with Gasteiger partial charge in [-0.2, -0.15) is 4.98 Å². The first-order valence-corrected chi connectivity index (χ1v) is 9.71. The van der Waals surface area contributed by atoms with E-state index in [1.807, 2.05) is 47.4 Å². The number of benzene rings is 2. The average molecular weight is 376 g/mol. The van der Waals surface area contributed by atoms with Gasteiger partial charge in [0.1, 0.15) is 0 Å². The van der Waals surface area contributed by atoms with E-state index in [-0.39, 0.29) is 5.91 Å². The maximum atomic E-state index is 12.5. The molecule has 4 rings (SSSR count). The fraction of sp³-hybridized carbons (Fsp3) is 0.318. The number of carbonyl (C=O) groups is 1. The van der Waals surface area contributed by atoms with E-state index in [4.69, 9.17) is 4.52 Å². The van der Waals surface area contributed by atoms with Crippen molar-refractivity contribution < 1.29 is 9.32 Å². The second kappa shape index (κ2) is 8.35. The van der Waals surface area contributed by atoms with Crippen molar-refractivity contribution in [2.24, 2.45) is 0 Å². The normalized spacial score (nSPS) is 15.0. The van der Waals surface area contributed by atoms with E-state index in [0.29, 0.717) is 31.3 Å². The summed E-state index contributed by atoms with van der Waals surface area (Å²) in [6.07, 6.45) is 1.01. The molecule has 6 heteroatoms. The highest BCUT2D eigenvalue weighted by atomic mass is 16.5. The Hall–Kier alpha value is -2.99. The lowest BCUT2D eigenvalue weighted by atomic mass is 10.1. The molecule has 0 saturated carbocycles. The highest BCUT2D eigenvalue weighted by Gasteiger charge is 2.23. The lowest BCUT2D eigenvalue weighted by Gasteiger charge is -2.34. The van der Waals surface area contributed by atoms with Crippen LogP contribution in [-0.4, -0.2) is 52.0 Å². The minimum Gasteiger partial charge on any atom is -0.338 e. The van der Waals surface area contributed by atoms with Gasteiger partial charge in [-0.25, -0.2) is 0 Å². The number of amides is 1. The molecule has 3 aromatic rings. The standard InChI is InChI=1S/C22H24N4O2/c1-2-17-8-10-18(11-9-17)21-23-20(28-24-21)16-25-12-14-26(15-13-25)22(27)19-6-4-3-5-7-19/h3-11H,2,12-16H2,1H3. The molecule has 0 N–H and O–H groups in total. The van der Waals surface area contributed by atoms with Crippen molar-refractivity contribution in [3.8, 4) is 11.4 Å². The lowest BCUT2D eigenvalue weighted by Crippen LogP contribution is -2.48. The second-order valence-electron chi connectivity index (χ2n) is 7.00. The first-order valence-electron chi connectivity index (χ1n) is 9.71. The maximum absolute atomic E-state index is 12.5. The van der Waals surface area contributed by atoms with Crippen LogP contribution in [0.25, 0.3) is 11.4 Å². The zero-order valence-electron chi connectivity index (χ0n) is 16.0. The van der Waals surface area contributed by atoms with Gasteiger partial charge in [0.2, 0.25) is 11.7 Å². The fourth-order valence-electron chi connectivity index (χ4n) is 3.39. The van der Waals surface area contributed by atoms with Gasteiger partial charge in [-0.15, -0.1) is 0 Å². The summed E-state index contributed by atoms with van der Waals surface area (Å²) >= 11 is 0.